The van der Waals surface area contributed by atoms with Crippen LogP contribution in [0.4, 0.5) is 4.79 Å². The first-order valence-corrected chi connectivity index (χ1v) is 12.2. The number of rotatable bonds is 5. The maximum Gasteiger partial charge on any atom is 0.407 e. The molecule has 1 aromatic heterocycles. The first-order valence-electron chi connectivity index (χ1n) is 11.4. The third kappa shape index (κ3) is 4.49. The smallest absolute Gasteiger partial charge is 0.407 e. The van der Waals surface area contributed by atoms with E-state index in [1.54, 1.807) is 4.88 Å². The number of aryl methyl sites for hydroxylation is 1. The van der Waals surface area contributed by atoms with E-state index in [4.69, 9.17) is 9.47 Å². The summed E-state index contributed by atoms with van der Waals surface area (Å²) in [6.45, 7) is 11.5. The van der Waals surface area contributed by atoms with Crippen LogP contribution in [0.1, 0.15) is 68.7 Å². The fourth-order valence-electron chi connectivity index (χ4n) is 5.30. The molecular formula is C23H36N2O3S. The van der Waals surface area contributed by atoms with Crippen molar-refractivity contribution in [1.29, 1.82) is 0 Å². The van der Waals surface area contributed by atoms with Gasteiger partial charge in [-0.3, -0.25) is 0 Å². The molecule has 1 saturated heterocycles. The summed E-state index contributed by atoms with van der Waals surface area (Å²) in [6, 6.07) is 3.23. The highest BCUT2D eigenvalue weighted by molar-refractivity contribution is 7.12. The monoisotopic (exact) mass is 420 g/mol. The Morgan fingerprint density at radius 1 is 1.45 bits per heavy atom. The minimum Gasteiger partial charge on any atom is -0.447 e. The number of fused-ring (bicyclic) bond motifs is 2. The number of hydrogen-bond donors (Lipinski definition) is 1. The Labute approximate surface area is 179 Å². The molecule has 1 amide bonds. The third-order valence-corrected chi connectivity index (χ3v) is 8.19. The zero-order valence-electron chi connectivity index (χ0n) is 18.3. The number of hydrogen-bond acceptors (Lipinski definition) is 5. The molecule has 4 rings (SSSR count). The number of alkyl carbamates (subject to hydrolysis) is 1. The molecule has 1 saturated carbocycles. The van der Waals surface area contributed by atoms with Crippen LogP contribution >= 0.6 is 11.3 Å². The average Bonchev–Trinajstić information content (AvgIpc) is 3.06. The number of nitrogens with one attached hydrogen (secondary N) is 1. The molecule has 0 bridgehead atoms. The Balaban J connectivity index is 1.29. The van der Waals surface area contributed by atoms with Gasteiger partial charge >= 0.3 is 6.09 Å². The van der Waals surface area contributed by atoms with Gasteiger partial charge in [-0.25, -0.2) is 4.79 Å². The fourth-order valence-corrected chi connectivity index (χ4v) is 6.47. The Kier molecular flexibility index (Phi) is 6.24. The van der Waals surface area contributed by atoms with Crippen LogP contribution in [0.3, 0.4) is 0 Å². The highest BCUT2D eigenvalue weighted by atomic mass is 32.1. The predicted molar refractivity (Wildman–Crippen MR) is 117 cm³/mol. The highest BCUT2D eigenvalue weighted by Gasteiger charge is 2.45. The number of carbonyl (C=O) groups is 1. The van der Waals surface area contributed by atoms with Crippen molar-refractivity contribution in [2.24, 2.45) is 5.92 Å². The van der Waals surface area contributed by atoms with Gasteiger partial charge in [-0.15, -0.1) is 11.3 Å². The van der Waals surface area contributed by atoms with Crippen LogP contribution in [-0.4, -0.2) is 48.9 Å². The molecule has 1 aliphatic carbocycles. The maximum absolute atomic E-state index is 11.7. The van der Waals surface area contributed by atoms with E-state index in [1.807, 2.05) is 25.2 Å². The van der Waals surface area contributed by atoms with E-state index in [-0.39, 0.29) is 23.8 Å². The summed E-state index contributed by atoms with van der Waals surface area (Å²) in [5.74, 6) is 0.673. The molecule has 1 spiro atoms. The molecule has 0 unspecified atom stereocenters. The van der Waals surface area contributed by atoms with Crippen molar-refractivity contribution >= 4 is 17.4 Å². The van der Waals surface area contributed by atoms with E-state index in [1.165, 1.54) is 10.4 Å². The number of nitrogens with zero attached hydrogens (tertiary/aromatic N) is 1. The first kappa shape index (κ1) is 21.1. The van der Waals surface area contributed by atoms with Crippen molar-refractivity contribution in [3.63, 3.8) is 0 Å². The molecule has 5 nitrogen and oxygen atoms in total. The molecule has 2 aliphatic heterocycles. The third-order valence-electron chi connectivity index (χ3n) is 6.85. The molecule has 2 atom stereocenters. The number of piperidine rings is 1. The Morgan fingerprint density at radius 3 is 2.93 bits per heavy atom. The normalized spacial score (nSPS) is 32.1. The van der Waals surface area contributed by atoms with Crippen LogP contribution in [0.15, 0.2) is 6.07 Å². The lowest BCUT2D eigenvalue weighted by atomic mass is 9.76. The summed E-state index contributed by atoms with van der Waals surface area (Å²) in [5, 5.41) is 2.99. The second-order valence-corrected chi connectivity index (χ2v) is 10.6. The molecule has 2 fully saturated rings. The van der Waals surface area contributed by atoms with Crippen LogP contribution in [0.5, 0.6) is 0 Å². The van der Waals surface area contributed by atoms with Crippen LogP contribution in [0, 0.1) is 5.92 Å². The van der Waals surface area contributed by atoms with Gasteiger partial charge in [-0.1, -0.05) is 6.92 Å². The fraction of sp³-hybridized carbons (Fsp3) is 0.783. The molecule has 3 aliphatic rings. The lowest BCUT2D eigenvalue weighted by molar-refractivity contribution is -0.114. The minimum absolute atomic E-state index is 0.0578. The zero-order valence-corrected chi connectivity index (χ0v) is 19.1. The lowest BCUT2D eigenvalue weighted by Gasteiger charge is -2.49. The van der Waals surface area contributed by atoms with Gasteiger partial charge in [0.25, 0.3) is 0 Å². The number of ether oxygens (including phenoxy) is 2. The number of likely N-dealkylation sites (tertiary alicyclic amines) is 1. The Hall–Kier alpha value is -1.11. The molecule has 29 heavy (non-hydrogen) atoms. The zero-order chi connectivity index (χ0) is 20.6. The molecule has 0 aromatic carbocycles. The molecule has 6 heteroatoms. The van der Waals surface area contributed by atoms with Gasteiger partial charge in [0.05, 0.1) is 18.3 Å². The van der Waals surface area contributed by atoms with E-state index in [0.29, 0.717) is 12.0 Å². The summed E-state index contributed by atoms with van der Waals surface area (Å²) < 4.78 is 11.7. The summed E-state index contributed by atoms with van der Waals surface area (Å²) in [7, 11) is 0. The minimum atomic E-state index is -0.274. The molecule has 3 heterocycles. The van der Waals surface area contributed by atoms with E-state index in [2.05, 4.69) is 30.1 Å². The van der Waals surface area contributed by atoms with Crippen LogP contribution < -0.4 is 5.32 Å². The molecular weight excluding hydrogens is 384 g/mol. The van der Waals surface area contributed by atoms with Crippen molar-refractivity contribution in [2.75, 3.05) is 19.7 Å². The predicted octanol–water partition coefficient (Wildman–Crippen LogP) is 4.48. The van der Waals surface area contributed by atoms with E-state index < -0.39 is 0 Å². The van der Waals surface area contributed by atoms with Gasteiger partial charge in [0.1, 0.15) is 0 Å². The van der Waals surface area contributed by atoms with Gasteiger partial charge in [0.2, 0.25) is 0 Å². The number of carbonyl (C=O) groups excluding carboxylic acids is 1. The first-order chi connectivity index (χ1) is 13.9. The van der Waals surface area contributed by atoms with Crippen molar-refractivity contribution in [3.05, 3.63) is 21.4 Å². The van der Waals surface area contributed by atoms with Crippen LogP contribution in [0.25, 0.3) is 0 Å². The quantitative estimate of drug-likeness (QED) is 0.763. The second kappa shape index (κ2) is 8.56. The molecule has 1 N–H and O–H groups in total. The second-order valence-electron chi connectivity index (χ2n) is 9.43. The van der Waals surface area contributed by atoms with Gasteiger partial charge in [0, 0.05) is 41.3 Å². The Morgan fingerprint density at radius 2 is 2.24 bits per heavy atom. The van der Waals surface area contributed by atoms with E-state index in [0.717, 1.165) is 58.2 Å². The largest absolute Gasteiger partial charge is 0.447 e. The summed E-state index contributed by atoms with van der Waals surface area (Å²) >= 11 is 2.00. The highest BCUT2D eigenvalue weighted by Crippen LogP contribution is 2.46. The number of thiophene rings is 1. The van der Waals surface area contributed by atoms with Crippen molar-refractivity contribution in [2.45, 2.75) is 90.0 Å². The molecule has 162 valence electrons. The van der Waals surface area contributed by atoms with Crippen LogP contribution in [-0.2, 0) is 27.9 Å². The average molecular weight is 421 g/mol. The van der Waals surface area contributed by atoms with E-state index in [9.17, 15) is 4.79 Å². The summed E-state index contributed by atoms with van der Waals surface area (Å²) in [4.78, 5) is 17.5. The van der Waals surface area contributed by atoms with Gasteiger partial charge in [0.15, 0.2) is 0 Å². The Bertz CT molecular complexity index is 728. The van der Waals surface area contributed by atoms with Gasteiger partial charge in [-0.05, 0) is 70.4 Å². The van der Waals surface area contributed by atoms with Crippen LogP contribution in [0.2, 0.25) is 0 Å². The van der Waals surface area contributed by atoms with Gasteiger partial charge in [-0.2, -0.15) is 0 Å². The topological polar surface area (TPSA) is 50.8 Å². The standard InChI is InChI=1S/C23H36N2O3S/c1-5-19-12-20-21(29-19)6-9-27-23(20)7-8-25(16(4)13-23)14-17-10-18(11-17)24-22(26)28-15(2)3/h12,15-18H,5-11,13-14H2,1-4H3,(H,24,26)/t16-,17?,18?,23+/m0/s1. The molecule has 0 radical (unpaired) electrons. The SMILES string of the molecule is CCc1cc2c(s1)CCO[C@@]21CCN(CC2CC(NC(=O)OC(C)C)C2)[C@@H](C)C1. The number of amides is 1. The molecule has 1 aromatic rings. The van der Waals surface area contributed by atoms with Crippen molar-refractivity contribution in [1.82, 2.24) is 10.2 Å². The van der Waals surface area contributed by atoms with Crippen molar-refractivity contribution in [3.8, 4) is 0 Å². The summed E-state index contributed by atoms with van der Waals surface area (Å²) in [5.41, 5.74) is 1.44. The summed E-state index contributed by atoms with van der Waals surface area (Å²) in [6.07, 6.45) is 6.18. The van der Waals surface area contributed by atoms with E-state index >= 15 is 0 Å². The van der Waals surface area contributed by atoms with Crippen molar-refractivity contribution < 1.29 is 14.3 Å². The van der Waals surface area contributed by atoms with Gasteiger partial charge < -0.3 is 19.7 Å². The maximum atomic E-state index is 11.7. The lowest BCUT2D eigenvalue weighted by Crippen LogP contribution is -2.54.